The highest BCUT2D eigenvalue weighted by Gasteiger charge is 2.13. The zero-order valence-electron chi connectivity index (χ0n) is 9.95. The Hall–Kier alpha value is -1.80. The topological polar surface area (TPSA) is 43.4 Å². The molecule has 0 radical (unpaired) electrons. The summed E-state index contributed by atoms with van der Waals surface area (Å²) in [7, 11) is 1.18. The van der Waals surface area contributed by atoms with Crippen molar-refractivity contribution < 1.29 is 18.7 Å². The predicted molar refractivity (Wildman–Crippen MR) is 67.8 cm³/mol. The highest BCUT2D eigenvalue weighted by molar-refractivity contribution is 8.13. The van der Waals surface area contributed by atoms with Gasteiger partial charge < -0.3 is 4.74 Å². The van der Waals surface area contributed by atoms with Crippen molar-refractivity contribution in [1.82, 2.24) is 0 Å². The molecule has 0 bridgehead atoms. The summed E-state index contributed by atoms with van der Waals surface area (Å²) in [6.07, 6.45) is 0. The summed E-state index contributed by atoms with van der Waals surface area (Å²) in [4.78, 5) is 21.9. The fraction of sp³-hybridized carbons (Fsp3) is 0.231. The van der Waals surface area contributed by atoms with E-state index in [4.69, 9.17) is 0 Å². The van der Waals surface area contributed by atoms with Gasteiger partial charge in [0.1, 0.15) is 0 Å². The molecule has 1 aromatic rings. The zero-order chi connectivity index (χ0) is 13.5. The van der Waals surface area contributed by atoms with Crippen LogP contribution in [0.4, 0.5) is 4.39 Å². The first-order chi connectivity index (χ1) is 8.56. The lowest BCUT2D eigenvalue weighted by atomic mass is 10.1. The number of thioether (sulfide) groups is 1. The predicted octanol–water partition coefficient (Wildman–Crippen LogP) is 2.24. The van der Waals surface area contributed by atoms with E-state index < -0.39 is 11.8 Å². The Labute approximate surface area is 109 Å². The summed E-state index contributed by atoms with van der Waals surface area (Å²) in [5, 5.41) is -0.0481. The molecule has 3 nitrogen and oxygen atoms in total. The van der Waals surface area contributed by atoms with Crippen molar-refractivity contribution in [2.24, 2.45) is 0 Å². The Bertz CT molecular complexity index is 529. The smallest absolute Gasteiger partial charge is 0.340 e. The molecule has 0 amide bonds. The molecular weight excluding hydrogens is 255 g/mol. The number of ether oxygens (including phenoxy) is 1. The van der Waals surface area contributed by atoms with Gasteiger partial charge in [-0.25, -0.2) is 9.18 Å². The van der Waals surface area contributed by atoms with E-state index in [-0.39, 0.29) is 22.0 Å². The van der Waals surface area contributed by atoms with Gasteiger partial charge in [-0.1, -0.05) is 29.7 Å². The van der Waals surface area contributed by atoms with Crippen molar-refractivity contribution in [1.29, 1.82) is 0 Å². The van der Waals surface area contributed by atoms with Crippen LogP contribution in [-0.2, 0) is 9.53 Å². The van der Waals surface area contributed by atoms with Crippen LogP contribution < -0.4 is 0 Å². The van der Waals surface area contributed by atoms with Gasteiger partial charge in [-0.15, -0.1) is 0 Å². The van der Waals surface area contributed by atoms with Gasteiger partial charge in [0.05, 0.1) is 24.0 Å². The van der Waals surface area contributed by atoms with Crippen molar-refractivity contribution in [2.45, 2.75) is 6.92 Å². The molecule has 0 spiro atoms. The van der Waals surface area contributed by atoms with Gasteiger partial charge in [0, 0.05) is 6.92 Å². The fourth-order valence-corrected chi connectivity index (χ4v) is 1.51. The molecule has 0 fully saturated rings. The second kappa shape index (κ2) is 6.82. The van der Waals surface area contributed by atoms with E-state index >= 15 is 0 Å². The average molecular weight is 266 g/mol. The number of hydrogen-bond acceptors (Lipinski definition) is 4. The fourth-order valence-electron chi connectivity index (χ4n) is 1.17. The Kier molecular flexibility index (Phi) is 5.40. The maximum atomic E-state index is 13.8. The Morgan fingerprint density at radius 3 is 2.78 bits per heavy atom. The van der Waals surface area contributed by atoms with Crippen molar-refractivity contribution in [2.75, 3.05) is 12.9 Å². The third-order valence-corrected chi connectivity index (χ3v) is 2.67. The van der Waals surface area contributed by atoms with Crippen LogP contribution in [0.25, 0.3) is 0 Å². The lowest BCUT2D eigenvalue weighted by Gasteiger charge is -2.01. The van der Waals surface area contributed by atoms with E-state index in [0.717, 1.165) is 11.8 Å². The van der Waals surface area contributed by atoms with Gasteiger partial charge in [-0.2, -0.15) is 0 Å². The van der Waals surface area contributed by atoms with Crippen LogP contribution in [0.1, 0.15) is 22.8 Å². The summed E-state index contributed by atoms with van der Waals surface area (Å²) in [6, 6.07) is 4.32. The van der Waals surface area contributed by atoms with Gasteiger partial charge in [0.2, 0.25) is 0 Å². The van der Waals surface area contributed by atoms with Crippen LogP contribution in [0.2, 0.25) is 0 Å². The molecule has 1 rings (SSSR count). The first kappa shape index (κ1) is 14.3. The van der Waals surface area contributed by atoms with Crippen molar-refractivity contribution in [3.05, 3.63) is 35.1 Å². The molecule has 0 aliphatic rings. The SMILES string of the molecule is COC(=O)c1cccc(C#CCSC(C)=O)c1F. The maximum absolute atomic E-state index is 13.8. The molecule has 0 saturated heterocycles. The maximum Gasteiger partial charge on any atom is 0.340 e. The van der Waals surface area contributed by atoms with Gasteiger partial charge >= 0.3 is 5.97 Å². The molecule has 18 heavy (non-hydrogen) atoms. The molecule has 0 heterocycles. The van der Waals surface area contributed by atoms with Crippen LogP contribution in [0.15, 0.2) is 18.2 Å². The molecular formula is C13H11FO3S. The number of carbonyl (C=O) groups is 2. The standard InChI is InChI=1S/C13H11FO3S/c1-9(15)18-8-4-6-10-5-3-7-11(12(10)14)13(16)17-2/h3,5,7H,8H2,1-2H3. The van der Waals surface area contributed by atoms with Crippen LogP contribution in [-0.4, -0.2) is 23.9 Å². The number of methoxy groups -OCH3 is 1. The van der Waals surface area contributed by atoms with Crippen LogP contribution in [0.3, 0.4) is 0 Å². The number of benzene rings is 1. The highest BCUT2D eigenvalue weighted by Crippen LogP contribution is 2.13. The third kappa shape index (κ3) is 3.90. The first-order valence-corrected chi connectivity index (χ1v) is 6.04. The third-order valence-electron chi connectivity index (χ3n) is 1.97. The van der Waals surface area contributed by atoms with Crippen molar-refractivity contribution in [3.63, 3.8) is 0 Å². The Morgan fingerprint density at radius 1 is 1.44 bits per heavy atom. The van der Waals surface area contributed by atoms with Crippen molar-refractivity contribution in [3.8, 4) is 11.8 Å². The van der Waals surface area contributed by atoms with Crippen molar-refractivity contribution >= 4 is 22.8 Å². The monoisotopic (exact) mass is 266 g/mol. The number of halogens is 1. The van der Waals surface area contributed by atoms with Gasteiger partial charge in [-0.3, -0.25) is 4.79 Å². The molecule has 0 N–H and O–H groups in total. The number of hydrogen-bond donors (Lipinski definition) is 0. The molecule has 0 unspecified atom stereocenters. The van der Waals surface area contributed by atoms with Gasteiger partial charge in [-0.05, 0) is 12.1 Å². The van der Waals surface area contributed by atoms with Crippen LogP contribution >= 0.6 is 11.8 Å². The molecule has 0 aliphatic heterocycles. The molecule has 1 aromatic carbocycles. The van der Waals surface area contributed by atoms with Crippen LogP contribution in [0.5, 0.6) is 0 Å². The lowest BCUT2D eigenvalue weighted by Crippen LogP contribution is -2.05. The van der Waals surface area contributed by atoms with E-state index in [1.54, 1.807) is 0 Å². The minimum Gasteiger partial charge on any atom is -0.465 e. The summed E-state index contributed by atoms with van der Waals surface area (Å²) in [6.45, 7) is 1.44. The van der Waals surface area contributed by atoms with E-state index in [1.807, 2.05) is 0 Å². The second-order valence-electron chi connectivity index (χ2n) is 3.24. The number of carbonyl (C=O) groups excluding carboxylic acids is 2. The quantitative estimate of drug-likeness (QED) is 0.608. The second-order valence-corrected chi connectivity index (χ2v) is 4.39. The Balaban J connectivity index is 2.90. The molecule has 0 aromatic heterocycles. The largest absolute Gasteiger partial charge is 0.465 e. The molecule has 0 atom stereocenters. The number of esters is 1. The average Bonchev–Trinajstić information content (AvgIpc) is 2.35. The summed E-state index contributed by atoms with van der Waals surface area (Å²) in [5.74, 6) is 4.08. The normalized spacial score (nSPS) is 9.28. The Morgan fingerprint density at radius 2 is 2.17 bits per heavy atom. The van der Waals surface area contributed by atoms with E-state index in [0.29, 0.717) is 0 Å². The molecule has 0 saturated carbocycles. The molecule has 0 aliphatic carbocycles. The van der Waals surface area contributed by atoms with E-state index in [9.17, 15) is 14.0 Å². The van der Waals surface area contributed by atoms with Gasteiger partial charge in [0.25, 0.3) is 0 Å². The van der Waals surface area contributed by atoms with Crippen LogP contribution in [0, 0.1) is 17.7 Å². The summed E-state index contributed by atoms with van der Waals surface area (Å²) < 4.78 is 18.3. The molecule has 5 heteroatoms. The number of rotatable bonds is 2. The minimum absolute atomic E-state index is 0.0481. The zero-order valence-corrected chi connectivity index (χ0v) is 10.8. The first-order valence-electron chi connectivity index (χ1n) is 5.05. The minimum atomic E-state index is -0.741. The van der Waals surface area contributed by atoms with Gasteiger partial charge in [0.15, 0.2) is 10.9 Å². The summed E-state index contributed by atoms with van der Waals surface area (Å²) in [5.41, 5.74) is -0.0365. The summed E-state index contributed by atoms with van der Waals surface area (Å²) >= 11 is 1.04. The van der Waals surface area contributed by atoms with E-state index in [2.05, 4.69) is 16.6 Å². The lowest BCUT2D eigenvalue weighted by molar-refractivity contribution is -0.109. The van der Waals surface area contributed by atoms with E-state index in [1.165, 1.54) is 32.2 Å². The molecule has 94 valence electrons. The highest BCUT2D eigenvalue weighted by atomic mass is 32.2.